The number of para-hydroxylation sites is 1. The van der Waals surface area contributed by atoms with Crippen molar-refractivity contribution < 1.29 is 14.3 Å². The number of hydrogen-bond donors (Lipinski definition) is 1. The number of carbonyl (C=O) groups is 1. The van der Waals surface area contributed by atoms with E-state index >= 15 is 0 Å². The number of rotatable bonds is 6. The Labute approximate surface area is 172 Å². The Kier molecular flexibility index (Phi) is 5.26. The fourth-order valence-corrected chi connectivity index (χ4v) is 3.92. The van der Waals surface area contributed by atoms with Crippen LogP contribution in [0.1, 0.15) is 5.56 Å². The smallest absolute Gasteiger partial charge is 0.234 e. The summed E-state index contributed by atoms with van der Waals surface area (Å²) < 4.78 is 12.8. The van der Waals surface area contributed by atoms with E-state index < -0.39 is 0 Å². The molecule has 0 radical (unpaired) electrons. The number of fused-ring (bicyclic) bond motifs is 3. The lowest BCUT2D eigenvalue weighted by molar-refractivity contribution is -0.113. The number of carbonyl (C=O) groups excluding carboxylic acids is 1. The van der Waals surface area contributed by atoms with Gasteiger partial charge in [-0.25, -0.2) is 0 Å². The molecule has 29 heavy (non-hydrogen) atoms. The number of ether oxygens (including phenoxy) is 2. The number of aromatic nitrogens is 3. The number of benzene rings is 2. The molecule has 0 atom stereocenters. The molecule has 2 aromatic heterocycles. The van der Waals surface area contributed by atoms with Crippen molar-refractivity contribution in [3.8, 4) is 11.5 Å². The molecule has 0 aliphatic heterocycles. The van der Waals surface area contributed by atoms with Gasteiger partial charge in [0.1, 0.15) is 0 Å². The van der Waals surface area contributed by atoms with Crippen LogP contribution < -0.4 is 14.8 Å². The normalized spacial score (nSPS) is 11.0. The molecular weight excluding hydrogens is 388 g/mol. The Hall–Kier alpha value is -3.26. The van der Waals surface area contributed by atoms with E-state index in [2.05, 4.69) is 15.5 Å². The first kappa shape index (κ1) is 19.1. The Morgan fingerprint density at radius 3 is 2.52 bits per heavy atom. The molecule has 1 amide bonds. The molecule has 4 aromatic rings. The summed E-state index contributed by atoms with van der Waals surface area (Å²) >= 11 is 1.34. The molecule has 7 nitrogen and oxygen atoms in total. The van der Waals surface area contributed by atoms with Crippen LogP contribution in [0.3, 0.4) is 0 Å². The van der Waals surface area contributed by atoms with Gasteiger partial charge in [0.15, 0.2) is 22.3 Å². The summed E-state index contributed by atoms with van der Waals surface area (Å²) in [7, 11) is 3.21. The van der Waals surface area contributed by atoms with Crippen LogP contribution in [0, 0.1) is 6.92 Å². The SMILES string of the molecule is COc1cc2cc(C)c3nnc(SCC(=O)Nc4ccccc4)n3c2cc1OC. The molecule has 0 saturated heterocycles. The van der Waals surface area contributed by atoms with Gasteiger partial charge in [-0.3, -0.25) is 9.20 Å². The van der Waals surface area contributed by atoms with Crippen LogP contribution >= 0.6 is 11.8 Å². The van der Waals surface area contributed by atoms with Crippen LogP contribution in [0.15, 0.2) is 53.7 Å². The summed E-state index contributed by atoms with van der Waals surface area (Å²) in [6.45, 7) is 1.98. The molecule has 0 spiro atoms. The van der Waals surface area contributed by atoms with Gasteiger partial charge in [-0.1, -0.05) is 30.0 Å². The summed E-state index contributed by atoms with van der Waals surface area (Å²) in [5.74, 6) is 1.40. The highest BCUT2D eigenvalue weighted by Gasteiger charge is 2.16. The summed E-state index contributed by atoms with van der Waals surface area (Å²) in [6.07, 6.45) is 0. The second kappa shape index (κ2) is 8.00. The zero-order valence-electron chi connectivity index (χ0n) is 16.3. The lowest BCUT2D eigenvalue weighted by Crippen LogP contribution is -2.14. The zero-order valence-corrected chi connectivity index (χ0v) is 17.1. The van der Waals surface area contributed by atoms with E-state index in [4.69, 9.17) is 9.47 Å². The molecule has 0 fully saturated rings. The third-order valence-corrected chi connectivity index (χ3v) is 5.45. The summed E-state index contributed by atoms with van der Waals surface area (Å²) in [5.41, 5.74) is 3.38. The lowest BCUT2D eigenvalue weighted by atomic mass is 10.1. The molecule has 0 aliphatic carbocycles. The Balaban J connectivity index is 1.68. The fraction of sp³-hybridized carbons (Fsp3) is 0.190. The number of pyridine rings is 1. The van der Waals surface area contributed by atoms with Crippen molar-refractivity contribution in [3.63, 3.8) is 0 Å². The number of amides is 1. The minimum atomic E-state index is -0.103. The lowest BCUT2D eigenvalue weighted by Gasteiger charge is -2.12. The predicted octanol–water partition coefficient (Wildman–Crippen LogP) is 3.94. The molecule has 8 heteroatoms. The van der Waals surface area contributed by atoms with Gasteiger partial charge in [-0.05, 0) is 36.8 Å². The van der Waals surface area contributed by atoms with Crippen LogP contribution in [0.4, 0.5) is 5.69 Å². The van der Waals surface area contributed by atoms with Crippen LogP contribution in [0.25, 0.3) is 16.6 Å². The van der Waals surface area contributed by atoms with Crippen LogP contribution in [0.2, 0.25) is 0 Å². The first-order valence-electron chi connectivity index (χ1n) is 8.99. The van der Waals surface area contributed by atoms with E-state index in [9.17, 15) is 4.79 Å². The van der Waals surface area contributed by atoms with Crippen molar-refractivity contribution in [1.82, 2.24) is 14.6 Å². The summed E-state index contributed by atoms with van der Waals surface area (Å²) in [6, 6.07) is 15.2. The van der Waals surface area contributed by atoms with Crippen molar-refractivity contribution in [2.24, 2.45) is 0 Å². The van der Waals surface area contributed by atoms with Gasteiger partial charge in [0.2, 0.25) is 5.91 Å². The number of nitrogens with one attached hydrogen (secondary N) is 1. The van der Waals surface area contributed by atoms with Crippen molar-refractivity contribution >= 4 is 39.9 Å². The highest BCUT2D eigenvalue weighted by molar-refractivity contribution is 7.99. The van der Waals surface area contributed by atoms with Crippen molar-refractivity contribution in [2.45, 2.75) is 12.1 Å². The van der Waals surface area contributed by atoms with Gasteiger partial charge >= 0.3 is 0 Å². The van der Waals surface area contributed by atoms with E-state index in [0.29, 0.717) is 16.7 Å². The molecule has 4 rings (SSSR count). The number of hydrogen-bond acceptors (Lipinski definition) is 6. The number of anilines is 1. The number of nitrogens with zero attached hydrogens (tertiary/aromatic N) is 3. The van der Waals surface area contributed by atoms with Crippen molar-refractivity contribution in [1.29, 1.82) is 0 Å². The average Bonchev–Trinajstić information content (AvgIpc) is 3.17. The second-order valence-electron chi connectivity index (χ2n) is 6.44. The number of thioether (sulfide) groups is 1. The van der Waals surface area contributed by atoms with Gasteiger partial charge in [0, 0.05) is 17.1 Å². The molecule has 0 aliphatic rings. The monoisotopic (exact) mass is 408 g/mol. The largest absolute Gasteiger partial charge is 0.493 e. The minimum Gasteiger partial charge on any atom is -0.493 e. The first-order chi connectivity index (χ1) is 14.1. The second-order valence-corrected chi connectivity index (χ2v) is 7.38. The number of methoxy groups -OCH3 is 2. The highest BCUT2D eigenvalue weighted by Crippen LogP contribution is 2.34. The van der Waals surface area contributed by atoms with E-state index in [1.54, 1.807) is 14.2 Å². The summed E-state index contributed by atoms with van der Waals surface area (Å²) in [5, 5.41) is 13.1. The maximum absolute atomic E-state index is 12.3. The standard InChI is InChI=1S/C21H20N4O3S/c1-13-9-14-10-17(27-2)18(28-3)11-16(14)25-20(13)23-24-21(25)29-12-19(26)22-15-7-5-4-6-8-15/h4-11H,12H2,1-3H3,(H,22,26). The van der Waals surface area contributed by atoms with Gasteiger partial charge in [0.05, 0.1) is 25.5 Å². The molecule has 2 heterocycles. The zero-order chi connectivity index (χ0) is 20.4. The maximum atomic E-state index is 12.3. The molecule has 0 unspecified atom stereocenters. The fourth-order valence-electron chi connectivity index (χ4n) is 3.18. The third-order valence-electron chi connectivity index (χ3n) is 4.52. The van der Waals surface area contributed by atoms with E-state index in [1.165, 1.54) is 11.8 Å². The predicted molar refractivity (Wildman–Crippen MR) is 114 cm³/mol. The topological polar surface area (TPSA) is 77.8 Å². The first-order valence-corrected chi connectivity index (χ1v) is 9.97. The third kappa shape index (κ3) is 3.71. The van der Waals surface area contributed by atoms with E-state index in [0.717, 1.165) is 27.8 Å². The molecule has 0 bridgehead atoms. The van der Waals surface area contributed by atoms with Gasteiger partial charge in [0.25, 0.3) is 0 Å². The van der Waals surface area contributed by atoms with Gasteiger partial charge in [-0.15, -0.1) is 10.2 Å². The van der Waals surface area contributed by atoms with E-state index in [-0.39, 0.29) is 11.7 Å². The van der Waals surface area contributed by atoms with Crippen LogP contribution in [-0.4, -0.2) is 40.5 Å². The van der Waals surface area contributed by atoms with Crippen molar-refractivity contribution in [2.75, 3.05) is 25.3 Å². The average molecular weight is 408 g/mol. The highest BCUT2D eigenvalue weighted by atomic mass is 32.2. The number of aryl methyl sites for hydroxylation is 1. The molecule has 148 valence electrons. The Morgan fingerprint density at radius 1 is 1.07 bits per heavy atom. The van der Waals surface area contributed by atoms with Crippen LogP contribution in [0.5, 0.6) is 11.5 Å². The Bertz CT molecular complexity index is 1190. The molecular formula is C21H20N4O3S. The van der Waals surface area contributed by atoms with Gasteiger partial charge < -0.3 is 14.8 Å². The van der Waals surface area contributed by atoms with Crippen molar-refractivity contribution in [3.05, 3.63) is 54.1 Å². The summed E-state index contributed by atoms with van der Waals surface area (Å²) in [4.78, 5) is 12.3. The molecule has 2 aromatic carbocycles. The minimum absolute atomic E-state index is 0.103. The van der Waals surface area contributed by atoms with Gasteiger partial charge in [-0.2, -0.15) is 0 Å². The molecule has 0 saturated carbocycles. The molecule has 1 N–H and O–H groups in total. The maximum Gasteiger partial charge on any atom is 0.234 e. The van der Waals surface area contributed by atoms with E-state index in [1.807, 2.05) is 59.9 Å². The Morgan fingerprint density at radius 2 is 1.79 bits per heavy atom. The van der Waals surface area contributed by atoms with Crippen LogP contribution in [-0.2, 0) is 4.79 Å². The quantitative estimate of drug-likeness (QED) is 0.487.